The van der Waals surface area contributed by atoms with Crippen LogP contribution in [0.25, 0.3) is 10.9 Å². The Morgan fingerprint density at radius 3 is 3.00 bits per heavy atom. The summed E-state index contributed by atoms with van der Waals surface area (Å²) in [5.74, 6) is -1.63. The number of pyridine rings is 1. The summed E-state index contributed by atoms with van der Waals surface area (Å²) < 4.78 is 18.5. The van der Waals surface area contributed by atoms with Crippen LogP contribution in [0, 0.1) is 5.82 Å². The zero-order chi connectivity index (χ0) is 17.1. The topological polar surface area (TPSA) is 81.2 Å². The molecule has 2 aromatic heterocycles. The van der Waals surface area contributed by atoms with Gasteiger partial charge in [-0.3, -0.25) is 9.78 Å². The maximum absolute atomic E-state index is 13.7. The first kappa shape index (κ1) is 16.0. The van der Waals surface area contributed by atoms with Gasteiger partial charge in [0.2, 0.25) is 5.01 Å². The van der Waals surface area contributed by atoms with Crippen LogP contribution in [0.3, 0.4) is 0 Å². The molecular weight excluding hydrogens is 333 g/mol. The zero-order valence-corrected chi connectivity index (χ0v) is 13.4. The van der Waals surface area contributed by atoms with Crippen molar-refractivity contribution in [1.82, 2.24) is 9.97 Å². The van der Waals surface area contributed by atoms with E-state index in [4.69, 9.17) is 4.74 Å². The smallest absolute Gasteiger partial charge is 0.367 e. The lowest BCUT2D eigenvalue weighted by Gasteiger charge is -2.07. The van der Waals surface area contributed by atoms with Crippen molar-refractivity contribution in [2.75, 3.05) is 11.9 Å². The molecule has 1 amide bonds. The number of hydrogen-bond donors (Lipinski definition) is 1. The van der Waals surface area contributed by atoms with Gasteiger partial charge in [-0.25, -0.2) is 14.2 Å². The lowest BCUT2D eigenvalue weighted by Crippen LogP contribution is -2.14. The van der Waals surface area contributed by atoms with Crippen LogP contribution in [0.5, 0.6) is 0 Å². The zero-order valence-electron chi connectivity index (χ0n) is 12.6. The summed E-state index contributed by atoms with van der Waals surface area (Å²) in [6.07, 6.45) is 1.55. The predicted molar refractivity (Wildman–Crippen MR) is 87.7 cm³/mol. The molecule has 0 spiro atoms. The maximum atomic E-state index is 13.7. The number of nitrogens with zero attached hydrogens (tertiary/aromatic N) is 2. The molecule has 3 aromatic rings. The number of ether oxygens (including phenoxy) is 1. The van der Waals surface area contributed by atoms with E-state index in [0.29, 0.717) is 10.9 Å². The number of amides is 1. The SMILES string of the molecule is CCOC(=O)c1nc(C(=O)Nc2cc(F)cc3cccnc23)cs1. The van der Waals surface area contributed by atoms with Gasteiger partial charge in [-0.1, -0.05) is 6.07 Å². The van der Waals surface area contributed by atoms with Gasteiger partial charge in [-0.2, -0.15) is 0 Å². The molecule has 0 aliphatic rings. The molecule has 0 bridgehead atoms. The molecule has 0 saturated heterocycles. The maximum Gasteiger partial charge on any atom is 0.367 e. The second kappa shape index (κ2) is 6.71. The monoisotopic (exact) mass is 345 g/mol. The van der Waals surface area contributed by atoms with Gasteiger partial charge < -0.3 is 10.1 Å². The standard InChI is InChI=1S/C16H12FN3O3S/c1-2-23-16(22)15-20-12(8-24-15)14(21)19-11-7-10(17)6-9-4-3-5-18-13(9)11/h3-8H,2H2,1H3,(H,19,21). The molecule has 0 fully saturated rings. The summed E-state index contributed by atoms with van der Waals surface area (Å²) in [7, 11) is 0. The van der Waals surface area contributed by atoms with Crippen molar-refractivity contribution in [3.8, 4) is 0 Å². The van der Waals surface area contributed by atoms with Crippen LogP contribution in [0.1, 0.15) is 27.2 Å². The quantitative estimate of drug-likeness (QED) is 0.734. The van der Waals surface area contributed by atoms with Crippen molar-refractivity contribution < 1.29 is 18.7 Å². The number of carbonyl (C=O) groups is 2. The number of anilines is 1. The van der Waals surface area contributed by atoms with Gasteiger partial charge in [0.05, 0.1) is 17.8 Å². The average molecular weight is 345 g/mol. The summed E-state index contributed by atoms with van der Waals surface area (Å²) in [6.45, 7) is 1.90. The minimum Gasteiger partial charge on any atom is -0.461 e. The van der Waals surface area contributed by atoms with E-state index >= 15 is 0 Å². The third-order valence-corrected chi connectivity index (χ3v) is 3.93. The number of esters is 1. The fourth-order valence-corrected chi connectivity index (χ4v) is 2.79. The Morgan fingerprint density at radius 2 is 2.21 bits per heavy atom. The Kier molecular flexibility index (Phi) is 4.48. The van der Waals surface area contributed by atoms with Gasteiger partial charge in [-0.05, 0) is 25.1 Å². The summed E-state index contributed by atoms with van der Waals surface area (Å²) in [5.41, 5.74) is 0.755. The predicted octanol–water partition coefficient (Wildman–Crippen LogP) is 3.26. The summed E-state index contributed by atoms with van der Waals surface area (Å²) >= 11 is 1.01. The third-order valence-electron chi connectivity index (χ3n) is 3.10. The van der Waals surface area contributed by atoms with Crippen LogP contribution >= 0.6 is 11.3 Å². The molecule has 1 N–H and O–H groups in total. The summed E-state index contributed by atoms with van der Waals surface area (Å²) in [4.78, 5) is 32.0. The van der Waals surface area contributed by atoms with Gasteiger partial charge in [-0.15, -0.1) is 11.3 Å². The highest BCUT2D eigenvalue weighted by atomic mass is 32.1. The molecule has 0 unspecified atom stereocenters. The van der Waals surface area contributed by atoms with Crippen LogP contribution in [0.15, 0.2) is 35.8 Å². The van der Waals surface area contributed by atoms with Crippen LogP contribution < -0.4 is 5.32 Å². The van der Waals surface area contributed by atoms with E-state index in [1.807, 2.05) is 0 Å². The highest BCUT2D eigenvalue weighted by Gasteiger charge is 2.17. The van der Waals surface area contributed by atoms with Gasteiger partial charge in [0.1, 0.15) is 11.5 Å². The van der Waals surface area contributed by atoms with E-state index in [1.165, 1.54) is 17.5 Å². The first-order valence-corrected chi connectivity index (χ1v) is 7.94. The summed E-state index contributed by atoms with van der Waals surface area (Å²) in [6, 6.07) is 5.90. The first-order chi connectivity index (χ1) is 11.6. The molecule has 8 heteroatoms. The van der Waals surface area contributed by atoms with Crippen molar-refractivity contribution in [3.63, 3.8) is 0 Å². The highest BCUT2D eigenvalue weighted by molar-refractivity contribution is 7.11. The molecule has 0 saturated carbocycles. The molecule has 0 radical (unpaired) electrons. The molecule has 0 aliphatic carbocycles. The van der Waals surface area contributed by atoms with Crippen LogP contribution in [0.2, 0.25) is 0 Å². The Balaban J connectivity index is 1.87. The molecule has 3 rings (SSSR count). The van der Waals surface area contributed by atoms with Gasteiger partial charge >= 0.3 is 5.97 Å². The number of hydrogen-bond acceptors (Lipinski definition) is 6. The molecule has 1 aromatic carbocycles. The lowest BCUT2D eigenvalue weighted by molar-refractivity contribution is 0.0526. The number of thiazole rings is 1. The van der Waals surface area contributed by atoms with Crippen LogP contribution in [0.4, 0.5) is 10.1 Å². The third kappa shape index (κ3) is 3.23. The van der Waals surface area contributed by atoms with Gasteiger partial charge in [0.25, 0.3) is 5.91 Å². The van der Waals surface area contributed by atoms with E-state index in [9.17, 15) is 14.0 Å². The van der Waals surface area contributed by atoms with Crippen molar-refractivity contribution in [1.29, 1.82) is 0 Å². The largest absolute Gasteiger partial charge is 0.461 e. The van der Waals surface area contributed by atoms with E-state index < -0.39 is 17.7 Å². The number of halogens is 1. The fourth-order valence-electron chi connectivity index (χ4n) is 2.10. The van der Waals surface area contributed by atoms with Crippen molar-refractivity contribution in [3.05, 3.63) is 52.4 Å². The molecule has 2 heterocycles. The Labute approximate surface area is 140 Å². The van der Waals surface area contributed by atoms with Crippen LogP contribution in [-0.4, -0.2) is 28.5 Å². The van der Waals surface area contributed by atoms with Crippen molar-refractivity contribution in [2.24, 2.45) is 0 Å². The molecule has 6 nitrogen and oxygen atoms in total. The van der Waals surface area contributed by atoms with Gasteiger partial charge in [0, 0.05) is 17.0 Å². The number of carbonyl (C=O) groups excluding carboxylic acids is 2. The minimum atomic E-state index is -0.584. The number of benzene rings is 1. The molecular formula is C16H12FN3O3S. The number of aromatic nitrogens is 2. The van der Waals surface area contributed by atoms with E-state index in [1.54, 1.807) is 25.3 Å². The Hall–Kier alpha value is -2.87. The fraction of sp³-hybridized carbons (Fsp3) is 0.125. The van der Waals surface area contributed by atoms with E-state index in [-0.39, 0.29) is 23.0 Å². The number of nitrogens with one attached hydrogen (secondary N) is 1. The van der Waals surface area contributed by atoms with E-state index in [0.717, 1.165) is 11.3 Å². The molecule has 0 aliphatic heterocycles. The Morgan fingerprint density at radius 1 is 1.38 bits per heavy atom. The number of rotatable bonds is 4. The number of fused-ring (bicyclic) bond motifs is 1. The van der Waals surface area contributed by atoms with E-state index in [2.05, 4.69) is 15.3 Å². The minimum absolute atomic E-state index is 0.0522. The second-order valence-corrected chi connectivity index (χ2v) is 5.60. The molecule has 122 valence electrons. The van der Waals surface area contributed by atoms with Crippen molar-refractivity contribution in [2.45, 2.75) is 6.92 Å². The normalized spacial score (nSPS) is 10.6. The summed E-state index contributed by atoms with van der Waals surface area (Å²) in [5, 5.41) is 4.67. The van der Waals surface area contributed by atoms with Crippen molar-refractivity contribution >= 4 is 39.8 Å². The Bertz CT molecular complexity index is 926. The first-order valence-electron chi connectivity index (χ1n) is 7.06. The highest BCUT2D eigenvalue weighted by Crippen LogP contribution is 2.23. The molecule has 0 atom stereocenters. The average Bonchev–Trinajstić information content (AvgIpc) is 3.05. The lowest BCUT2D eigenvalue weighted by atomic mass is 10.2. The van der Waals surface area contributed by atoms with Gasteiger partial charge in [0.15, 0.2) is 0 Å². The van der Waals surface area contributed by atoms with Crippen LogP contribution in [-0.2, 0) is 4.74 Å². The second-order valence-electron chi connectivity index (χ2n) is 4.74. The molecule has 24 heavy (non-hydrogen) atoms.